The Morgan fingerprint density at radius 1 is 1.20 bits per heavy atom. The van der Waals surface area contributed by atoms with Crippen LogP contribution >= 0.6 is 11.8 Å². The molecule has 0 unspecified atom stereocenters. The largest absolute Gasteiger partial charge is 0.496 e. The molecule has 1 aromatic carbocycles. The molecule has 0 aliphatic rings. The molecular formula is C13H22OS. The zero-order valence-electron chi connectivity index (χ0n) is 10.6. The van der Waals surface area contributed by atoms with Crippen LogP contribution in [0.3, 0.4) is 0 Å². The Labute approximate surface area is 98.2 Å². The van der Waals surface area contributed by atoms with E-state index in [0.717, 1.165) is 5.75 Å². The third kappa shape index (κ3) is 5.12. The minimum absolute atomic E-state index is 0.618. The Morgan fingerprint density at radius 2 is 1.80 bits per heavy atom. The molecule has 15 heavy (non-hydrogen) atoms. The van der Waals surface area contributed by atoms with Gasteiger partial charge in [0.2, 0.25) is 0 Å². The number of benzene rings is 1. The van der Waals surface area contributed by atoms with Gasteiger partial charge >= 0.3 is 0 Å². The lowest BCUT2D eigenvalue weighted by Crippen LogP contribution is -1.89. The maximum atomic E-state index is 5.25. The number of rotatable bonds is 3. The molecule has 0 bridgehead atoms. The van der Waals surface area contributed by atoms with Crippen LogP contribution < -0.4 is 4.74 Å². The number of thioether (sulfide) groups is 1. The molecular weight excluding hydrogens is 204 g/mol. The van der Waals surface area contributed by atoms with Crippen molar-refractivity contribution in [1.82, 2.24) is 0 Å². The van der Waals surface area contributed by atoms with Gasteiger partial charge in [-0.2, -0.15) is 0 Å². The molecule has 0 radical (unpaired) electrons. The van der Waals surface area contributed by atoms with Crippen molar-refractivity contribution in [3.63, 3.8) is 0 Å². The van der Waals surface area contributed by atoms with Crippen molar-refractivity contribution in [2.75, 3.05) is 7.11 Å². The van der Waals surface area contributed by atoms with Crippen LogP contribution in [0.4, 0.5) is 0 Å². The number of ether oxygens (including phenoxy) is 1. The molecule has 86 valence electrons. The van der Waals surface area contributed by atoms with Crippen LogP contribution in [0.5, 0.6) is 5.75 Å². The third-order valence-corrected chi connectivity index (χ3v) is 2.75. The first kappa shape index (κ1) is 14.4. The maximum Gasteiger partial charge on any atom is 0.122 e. The lowest BCUT2D eigenvalue weighted by atomic mass is 10.2. The summed E-state index contributed by atoms with van der Waals surface area (Å²) in [6.07, 6.45) is 0. The molecule has 2 heteroatoms. The molecule has 0 aromatic heterocycles. The molecule has 0 spiro atoms. The first-order chi connectivity index (χ1) is 7.13. The molecule has 0 saturated heterocycles. The highest BCUT2D eigenvalue weighted by Crippen LogP contribution is 2.28. The standard InChI is InChI=1S/C11H16OS.C2H6/c1-8(2)13-10-6-5-9(3)11(7-10)12-4;1-2/h5-8H,1-4H3;1-2H3. The van der Waals surface area contributed by atoms with E-state index in [9.17, 15) is 0 Å². The number of aryl methyl sites for hydroxylation is 1. The topological polar surface area (TPSA) is 9.23 Å². The highest BCUT2D eigenvalue weighted by molar-refractivity contribution is 7.99. The van der Waals surface area contributed by atoms with Crippen LogP contribution in [-0.4, -0.2) is 12.4 Å². The van der Waals surface area contributed by atoms with E-state index in [1.807, 2.05) is 25.6 Å². The van der Waals surface area contributed by atoms with Gasteiger partial charge in [-0.05, 0) is 24.6 Å². The van der Waals surface area contributed by atoms with Gasteiger partial charge < -0.3 is 4.74 Å². The molecule has 0 heterocycles. The van der Waals surface area contributed by atoms with Gasteiger partial charge in [-0.3, -0.25) is 0 Å². The van der Waals surface area contributed by atoms with Crippen molar-refractivity contribution in [3.05, 3.63) is 23.8 Å². The van der Waals surface area contributed by atoms with E-state index in [2.05, 4.69) is 39.0 Å². The quantitative estimate of drug-likeness (QED) is 0.700. The zero-order chi connectivity index (χ0) is 11.8. The summed E-state index contributed by atoms with van der Waals surface area (Å²) in [5, 5.41) is 0.618. The molecule has 0 atom stereocenters. The highest BCUT2D eigenvalue weighted by Gasteiger charge is 2.02. The van der Waals surface area contributed by atoms with Crippen LogP contribution in [0.15, 0.2) is 23.1 Å². The van der Waals surface area contributed by atoms with E-state index in [0.29, 0.717) is 5.25 Å². The van der Waals surface area contributed by atoms with Gasteiger partial charge in [-0.15, -0.1) is 11.8 Å². The minimum atomic E-state index is 0.618. The van der Waals surface area contributed by atoms with Gasteiger partial charge in [0.05, 0.1) is 7.11 Å². The summed E-state index contributed by atoms with van der Waals surface area (Å²) >= 11 is 1.86. The lowest BCUT2D eigenvalue weighted by molar-refractivity contribution is 0.410. The predicted molar refractivity (Wildman–Crippen MR) is 70.1 cm³/mol. The molecule has 1 aromatic rings. The molecule has 0 aliphatic heterocycles. The predicted octanol–water partition coefficient (Wildman–Crippen LogP) is 4.53. The Balaban J connectivity index is 0.000000921. The van der Waals surface area contributed by atoms with Crippen molar-refractivity contribution in [2.45, 2.75) is 44.8 Å². The van der Waals surface area contributed by atoms with Gasteiger partial charge in [0.15, 0.2) is 0 Å². The van der Waals surface area contributed by atoms with Crippen molar-refractivity contribution >= 4 is 11.8 Å². The van der Waals surface area contributed by atoms with Crippen LogP contribution in [0.25, 0.3) is 0 Å². The highest BCUT2D eigenvalue weighted by atomic mass is 32.2. The summed E-state index contributed by atoms with van der Waals surface area (Å²) in [6.45, 7) is 10.4. The van der Waals surface area contributed by atoms with Gasteiger partial charge in [-0.1, -0.05) is 33.8 Å². The van der Waals surface area contributed by atoms with Crippen LogP contribution in [0.1, 0.15) is 33.3 Å². The van der Waals surface area contributed by atoms with E-state index < -0.39 is 0 Å². The fraction of sp³-hybridized carbons (Fsp3) is 0.538. The molecule has 0 aliphatic carbocycles. The first-order valence-corrected chi connectivity index (χ1v) is 6.32. The van der Waals surface area contributed by atoms with E-state index in [-0.39, 0.29) is 0 Å². The maximum absolute atomic E-state index is 5.25. The van der Waals surface area contributed by atoms with Crippen LogP contribution in [0, 0.1) is 6.92 Å². The fourth-order valence-electron chi connectivity index (χ4n) is 1.15. The van der Waals surface area contributed by atoms with Gasteiger partial charge in [-0.25, -0.2) is 0 Å². The molecule has 0 fully saturated rings. The second-order valence-corrected chi connectivity index (χ2v) is 4.95. The number of hydrogen-bond acceptors (Lipinski definition) is 2. The summed E-state index contributed by atoms with van der Waals surface area (Å²) in [7, 11) is 1.71. The fourth-order valence-corrected chi connectivity index (χ4v) is 2.01. The summed E-state index contributed by atoms with van der Waals surface area (Å²) in [5.74, 6) is 0.977. The Hall–Kier alpha value is -0.630. The van der Waals surface area contributed by atoms with E-state index in [1.165, 1.54) is 10.5 Å². The van der Waals surface area contributed by atoms with Crippen LogP contribution in [0.2, 0.25) is 0 Å². The number of methoxy groups -OCH3 is 1. The summed E-state index contributed by atoms with van der Waals surface area (Å²) in [6, 6.07) is 6.34. The van der Waals surface area contributed by atoms with Crippen molar-refractivity contribution < 1.29 is 4.74 Å². The second kappa shape index (κ2) is 7.63. The molecule has 0 amide bonds. The minimum Gasteiger partial charge on any atom is -0.496 e. The Kier molecular flexibility index (Phi) is 7.31. The van der Waals surface area contributed by atoms with E-state index in [1.54, 1.807) is 7.11 Å². The Morgan fingerprint density at radius 3 is 2.27 bits per heavy atom. The molecule has 0 N–H and O–H groups in total. The van der Waals surface area contributed by atoms with Gasteiger partial charge in [0.1, 0.15) is 5.75 Å². The van der Waals surface area contributed by atoms with Crippen molar-refractivity contribution in [1.29, 1.82) is 0 Å². The van der Waals surface area contributed by atoms with E-state index >= 15 is 0 Å². The molecule has 1 nitrogen and oxygen atoms in total. The summed E-state index contributed by atoms with van der Waals surface area (Å²) < 4.78 is 5.25. The zero-order valence-corrected chi connectivity index (χ0v) is 11.4. The average molecular weight is 226 g/mol. The monoisotopic (exact) mass is 226 g/mol. The molecule has 0 saturated carbocycles. The van der Waals surface area contributed by atoms with Gasteiger partial charge in [0.25, 0.3) is 0 Å². The smallest absolute Gasteiger partial charge is 0.122 e. The van der Waals surface area contributed by atoms with E-state index in [4.69, 9.17) is 4.74 Å². The first-order valence-electron chi connectivity index (χ1n) is 5.44. The normalized spacial score (nSPS) is 9.53. The van der Waals surface area contributed by atoms with Crippen molar-refractivity contribution in [3.8, 4) is 5.75 Å². The SMILES string of the molecule is CC.COc1cc(SC(C)C)ccc1C. The summed E-state index contributed by atoms with van der Waals surface area (Å²) in [5.41, 5.74) is 1.19. The van der Waals surface area contributed by atoms with Crippen LogP contribution in [-0.2, 0) is 0 Å². The van der Waals surface area contributed by atoms with Crippen molar-refractivity contribution in [2.24, 2.45) is 0 Å². The Bertz CT molecular complexity index is 282. The van der Waals surface area contributed by atoms with Gasteiger partial charge in [0, 0.05) is 10.1 Å². The number of hydrogen-bond donors (Lipinski definition) is 0. The summed E-state index contributed by atoms with van der Waals surface area (Å²) in [4.78, 5) is 1.28. The third-order valence-electron chi connectivity index (χ3n) is 1.75. The molecule has 1 rings (SSSR count). The second-order valence-electron chi connectivity index (χ2n) is 3.30. The average Bonchev–Trinajstić information content (AvgIpc) is 2.23. The lowest BCUT2D eigenvalue weighted by Gasteiger charge is -2.08.